The first-order chi connectivity index (χ1) is 19.4. The quantitative estimate of drug-likeness (QED) is 0.222. The van der Waals surface area contributed by atoms with Crippen LogP contribution in [0.1, 0.15) is 31.9 Å². The van der Waals surface area contributed by atoms with Crippen LogP contribution in [0.5, 0.6) is 5.75 Å². The van der Waals surface area contributed by atoms with E-state index >= 15 is 0 Å². The van der Waals surface area contributed by atoms with Crippen LogP contribution in [0, 0.1) is 0 Å². The van der Waals surface area contributed by atoms with E-state index in [9.17, 15) is 5.11 Å². The summed E-state index contributed by atoms with van der Waals surface area (Å²) in [7, 11) is 0. The van der Waals surface area contributed by atoms with E-state index in [1.165, 1.54) is 11.1 Å². The third-order valence-corrected chi connectivity index (χ3v) is 8.12. The van der Waals surface area contributed by atoms with Gasteiger partial charge in [0.2, 0.25) is 0 Å². The van der Waals surface area contributed by atoms with E-state index in [4.69, 9.17) is 9.98 Å². The molecule has 0 amide bonds. The molecular formula is C36H30N2OS. The Kier molecular flexibility index (Phi) is 6.79. The van der Waals surface area contributed by atoms with E-state index in [1.54, 1.807) is 23.6 Å². The van der Waals surface area contributed by atoms with Crippen molar-refractivity contribution in [2.75, 3.05) is 0 Å². The van der Waals surface area contributed by atoms with Gasteiger partial charge in [-0.15, -0.1) is 11.3 Å². The van der Waals surface area contributed by atoms with E-state index in [0.717, 1.165) is 43.2 Å². The number of phenolic OH excluding ortho intramolecular Hbond substituents is 1. The smallest absolute Gasteiger partial charge is 0.126 e. The molecule has 4 heteroatoms. The first-order valence-electron chi connectivity index (χ1n) is 13.4. The highest BCUT2D eigenvalue weighted by molar-refractivity contribution is 7.21. The molecule has 0 saturated heterocycles. The first kappa shape index (κ1) is 25.7. The highest BCUT2D eigenvalue weighted by atomic mass is 32.1. The molecule has 40 heavy (non-hydrogen) atoms. The van der Waals surface area contributed by atoms with Crippen LogP contribution >= 0.6 is 11.3 Å². The third kappa shape index (κ3) is 5.18. The number of para-hydroxylation sites is 2. The Hall–Kier alpha value is -4.54. The minimum absolute atomic E-state index is 0.0203. The summed E-state index contributed by atoms with van der Waals surface area (Å²) in [6, 6.07) is 39.2. The van der Waals surface area contributed by atoms with Crippen molar-refractivity contribution in [2.24, 2.45) is 4.99 Å². The van der Waals surface area contributed by atoms with E-state index in [-0.39, 0.29) is 11.2 Å². The minimum atomic E-state index is -0.0203. The average Bonchev–Trinajstić information content (AvgIpc) is 3.41. The second kappa shape index (κ2) is 10.6. The van der Waals surface area contributed by atoms with E-state index < -0.39 is 0 Å². The first-order valence-corrected chi connectivity index (χ1v) is 14.2. The lowest BCUT2D eigenvalue weighted by atomic mass is 9.86. The molecule has 0 saturated carbocycles. The summed E-state index contributed by atoms with van der Waals surface area (Å²) in [6.45, 7) is 6.48. The molecule has 196 valence electrons. The van der Waals surface area contributed by atoms with Gasteiger partial charge in [0.1, 0.15) is 10.8 Å². The Bertz CT molecular complexity index is 1840. The van der Waals surface area contributed by atoms with Gasteiger partial charge in [0.25, 0.3) is 0 Å². The molecule has 0 unspecified atom stereocenters. The SMILES string of the molecule is CC(C)(C)c1ccc(O)c(C=Nc2ccccc2-c2nc3c(-c4cccc(-c5ccccc5)c4)cccc3s2)c1. The van der Waals surface area contributed by atoms with Crippen LogP contribution < -0.4 is 0 Å². The molecule has 0 aliphatic heterocycles. The summed E-state index contributed by atoms with van der Waals surface area (Å²) in [5, 5.41) is 11.4. The second-order valence-corrected chi connectivity index (χ2v) is 11.9. The summed E-state index contributed by atoms with van der Waals surface area (Å²) in [6.07, 6.45) is 1.75. The molecule has 1 N–H and O–H groups in total. The van der Waals surface area contributed by atoms with Crippen LogP contribution in [0.4, 0.5) is 5.69 Å². The van der Waals surface area contributed by atoms with E-state index in [0.29, 0.717) is 5.56 Å². The summed E-state index contributed by atoms with van der Waals surface area (Å²) in [5.74, 6) is 0.219. The Morgan fingerprint density at radius 3 is 2.23 bits per heavy atom. The summed E-state index contributed by atoms with van der Waals surface area (Å²) < 4.78 is 1.13. The van der Waals surface area contributed by atoms with Gasteiger partial charge in [-0.05, 0) is 64.1 Å². The highest BCUT2D eigenvalue weighted by Crippen LogP contribution is 2.39. The highest BCUT2D eigenvalue weighted by Gasteiger charge is 2.16. The lowest BCUT2D eigenvalue weighted by Crippen LogP contribution is -2.11. The topological polar surface area (TPSA) is 45.5 Å². The second-order valence-electron chi connectivity index (χ2n) is 10.9. The van der Waals surface area contributed by atoms with Crippen molar-refractivity contribution in [1.82, 2.24) is 4.98 Å². The molecule has 5 aromatic carbocycles. The largest absolute Gasteiger partial charge is 0.507 e. The summed E-state index contributed by atoms with van der Waals surface area (Å²) >= 11 is 1.67. The molecule has 0 fully saturated rings. The molecular weight excluding hydrogens is 508 g/mol. The molecule has 6 aromatic rings. The van der Waals surface area contributed by atoms with Gasteiger partial charge in [0.05, 0.1) is 15.9 Å². The Morgan fingerprint density at radius 1 is 0.700 bits per heavy atom. The van der Waals surface area contributed by atoms with Gasteiger partial charge < -0.3 is 5.11 Å². The van der Waals surface area contributed by atoms with Crippen molar-refractivity contribution in [3.63, 3.8) is 0 Å². The van der Waals surface area contributed by atoms with Crippen LogP contribution in [0.3, 0.4) is 0 Å². The number of fused-ring (bicyclic) bond motifs is 1. The number of aliphatic imine (C=N–C) groups is 1. The molecule has 0 radical (unpaired) electrons. The number of nitrogens with zero attached hydrogens (tertiary/aromatic N) is 2. The van der Waals surface area contributed by atoms with Gasteiger partial charge in [-0.2, -0.15) is 0 Å². The molecule has 6 rings (SSSR count). The minimum Gasteiger partial charge on any atom is -0.507 e. The van der Waals surface area contributed by atoms with Crippen LogP contribution in [0.25, 0.3) is 43.0 Å². The van der Waals surface area contributed by atoms with Crippen molar-refractivity contribution in [2.45, 2.75) is 26.2 Å². The fraction of sp³-hybridized carbons (Fsp3) is 0.111. The van der Waals surface area contributed by atoms with Crippen molar-refractivity contribution in [3.8, 4) is 38.6 Å². The van der Waals surface area contributed by atoms with E-state index in [2.05, 4.69) is 93.6 Å². The normalized spacial score (nSPS) is 11.9. The van der Waals surface area contributed by atoms with Gasteiger partial charge in [-0.25, -0.2) is 4.98 Å². The molecule has 1 aromatic heterocycles. The molecule has 3 nitrogen and oxygen atoms in total. The number of thiazole rings is 1. The van der Waals surface area contributed by atoms with Crippen molar-refractivity contribution < 1.29 is 5.11 Å². The maximum absolute atomic E-state index is 10.5. The number of aromatic nitrogens is 1. The zero-order valence-corrected chi connectivity index (χ0v) is 23.6. The van der Waals surface area contributed by atoms with Crippen LogP contribution in [-0.4, -0.2) is 16.3 Å². The third-order valence-electron chi connectivity index (χ3n) is 7.07. The molecule has 0 atom stereocenters. The fourth-order valence-electron chi connectivity index (χ4n) is 4.82. The maximum Gasteiger partial charge on any atom is 0.126 e. The number of benzene rings is 5. The Morgan fingerprint density at radius 2 is 1.40 bits per heavy atom. The lowest BCUT2D eigenvalue weighted by molar-refractivity contribution is 0.473. The number of hydrogen-bond donors (Lipinski definition) is 1. The Balaban J connectivity index is 1.39. The lowest BCUT2D eigenvalue weighted by Gasteiger charge is -2.19. The van der Waals surface area contributed by atoms with Crippen molar-refractivity contribution in [1.29, 1.82) is 0 Å². The van der Waals surface area contributed by atoms with Crippen LogP contribution in [0.2, 0.25) is 0 Å². The zero-order chi connectivity index (χ0) is 27.7. The summed E-state index contributed by atoms with van der Waals surface area (Å²) in [5.41, 5.74) is 9.24. The van der Waals surface area contributed by atoms with Crippen molar-refractivity contribution >= 4 is 33.5 Å². The molecule has 0 aliphatic carbocycles. The van der Waals surface area contributed by atoms with Gasteiger partial charge >= 0.3 is 0 Å². The monoisotopic (exact) mass is 538 g/mol. The Labute approximate surface area is 239 Å². The van der Waals surface area contributed by atoms with Gasteiger partial charge in [-0.1, -0.05) is 99.6 Å². The van der Waals surface area contributed by atoms with Crippen LogP contribution in [0.15, 0.2) is 120 Å². The molecule has 0 aliphatic rings. The number of rotatable bonds is 5. The fourth-order valence-corrected chi connectivity index (χ4v) is 5.85. The van der Waals surface area contributed by atoms with Crippen molar-refractivity contribution in [3.05, 3.63) is 126 Å². The van der Waals surface area contributed by atoms with Gasteiger partial charge in [0.15, 0.2) is 0 Å². The zero-order valence-electron chi connectivity index (χ0n) is 22.8. The van der Waals surface area contributed by atoms with E-state index in [1.807, 2.05) is 36.4 Å². The predicted octanol–water partition coefficient (Wildman–Crippen LogP) is 10.1. The molecule has 0 spiro atoms. The predicted molar refractivity (Wildman–Crippen MR) is 170 cm³/mol. The number of hydrogen-bond acceptors (Lipinski definition) is 4. The molecule has 0 bridgehead atoms. The number of phenols is 1. The van der Waals surface area contributed by atoms with Gasteiger partial charge in [0, 0.05) is 22.9 Å². The summed E-state index contributed by atoms with van der Waals surface area (Å²) in [4.78, 5) is 9.95. The van der Waals surface area contributed by atoms with Gasteiger partial charge in [-0.3, -0.25) is 4.99 Å². The standard InChI is InChI=1S/C36H30N2OS/c1-36(2,3)28-19-20-32(39)27(22-28)23-37-31-17-8-7-15-30(31)35-38-34-29(16-10-18-33(34)40-35)26-14-9-13-25(21-26)24-11-5-4-6-12-24/h4-23,39H,1-3H3. The number of aromatic hydroxyl groups is 1. The maximum atomic E-state index is 10.5. The van der Waals surface area contributed by atoms with Crippen LogP contribution in [-0.2, 0) is 5.41 Å². The molecule has 1 heterocycles. The average molecular weight is 539 g/mol.